The van der Waals surface area contributed by atoms with Gasteiger partial charge in [-0.2, -0.15) is 13.2 Å². The van der Waals surface area contributed by atoms with Crippen LogP contribution in [-0.4, -0.2) is 37.4 Å². The number of carbonyl (C=O) groups is 2. The molecule has 1 fully saturated rings. The van der Waals surface area contributed by atoms with Crippen molar-refractivity contribution in [2.24, 2.45) is 5.92 Å². The number of nitrogens with zero attached hydrogens (tertiary/aromatic N) is 1. The van der Waals surface area contributed by atoms with Crippen molar-refractivity contribution in [3.05, 3.63) is 59.4 Å². The van der Waals surface area contributed by atoms with Crippen LogP contribution in [0, 0.1) is 11.7 Å². The summed E-state index contributed by atoms with van der Waals surface area (Å²) in [5.41, 5.74) is -0.929. The molecule has 0 bridgehead atoms. The van der Waals surface area contributed by atoms with Crippen molar-refractivity contribution in [2.45, 2.75) is 12.1 Å². The van der Waals surface area contributed by atoms with Gasteiger partial charge in [0.25, 0.3) is 0 Å². The summed E-state index contributed by atoms with van der Waals surface area (Å²) in [7, 11) is 2.59. The van der Waals surface area contributed by atoms with Gasteiger partial charge in [0, 0.05) is 19.5 Å². The van der Waals surface area contributed by atoms with E-state index in [0.717, 1.165) is 25.3 Å². The van der Waals surface area contributed by atoms with Crippen molar-refractivity contribution in [3.63, 3.8) is 0 Å². The third kappa shape index (κ3) is 4.03. The largest absolute Gasteiger partial charge is 0.496 e. The van der Waals surface area contributed by atoms with Crippen LogP contribution >= 0.6 is 0 Å². The molecule has 0 radical (unpaired) electrons. The molecule has 3 rings (SSSR count). The number of amides is 2. The van der Waals surface area contributed by atoms with Crippen LogP contribution in [0.15, 0.2) is 42.5 Å². The number of nitrogens with one attached hydrogen (secondary N) is 1. The number of methoxy groups -OCH3 is 1. The predicted molar refractivity (Wildman–Crippen MR) is 96.9 cm³/mol. The summed E-state index contributed by atoms with van der Waals surface area (Å²) < 4.78 is 58.7. The molecule has 29 heavy (non-hydrogen) atoms. The number of benzene rings is 2. The van der Waals surface area contributed by atoms with Gasteiger partial charge in [-0.1, -0.05) is 18.2 Å². The summed E-state index contributed by atoms with van der Waals surface area (Å²) in [6, 6.07) is 8.88. The Kier molecular flexibility index (Phi) is 5.50. The number of ether oxygens (including phenoxy) is 1. The molecule has 9 heteroatoms. The number of halogens is 4. The first-order valence-electron chi connectivity index (χ1n) is 8.69. The Balaban J connectivity index is 1.96. The van der Waals surface area contributed by atoms with Gasteiger partial charge in [-0.05, 0) is 29.8 Å². The number of hydrogen-bond acceptors (Lipinski definition) is 3. The molecule has 2 atom stereocenters. The fourth-order valence-electron chi connectivity index (χ4n) is 3.44. The highest BCUT2D eigenvalue weighted by atomic mass is 19.4. The van der Waals surface area contributed by atoms with E-state index in [-0.39, 0.29) is 23.5 Å². The maximum atomic E-state index is 13.8. The summed E-state index contributed by atoms with van der Waals surface area (Å²) in [6.45, 7) is 0.0534. The highest BCUT2D eigenvalue weighted by Gasteiger charge is 2.45. The molecular formula is C20H18F4N2O3. The number of carbonyl (C=O) groups excluding carboxylic acids is 2. The van der Waals surface area contributed by atoms with Crippen LogP contribution in [0.25, 0.3) is 0 Å². The van der Waals surface area contributed by atoms with Gasteiger partial charge in [-0.15, -0.1) is 0 Å². The summed E-state index contributed by atoms with van der Waals surface area (Å²) in [5, 5.41) is 2.36. The molecule has 0 unspecified atom stereocenters. The van der Waals surface area contributed by atoms with Crippen LogP contribution in [0.2, 0.25) is 0 Å². The monoisotopic (exact) mass is 410 g/mol. The molecule has 1 aliphatic rings. The van der Waals surface area contributed by atoms with Crippen molar-refractivity contribution in [1.82, 2.24) is 4.90 Å². The van der Waals surface area contributed by atoms with Crippen LogP contribution in [0.1, 0.15) is 17.0 Å². The van der Waals surface area contributed by atoms with E-state index < -0.39 is 41.2 Å². The SMILES string of the molecule is COc1ccc([C@H]2CN(C)C(=O)[C@@H]2C(=O)Nc2ccccc2F)cc1C(F)(F)F. The Bertz CT molecular complexity index is 946. The van der Waals surface area contributed by atoms with E-state index in [0.29, 0.717) is 0 Å². The number of likely N-dealkylation sites (tertiary alicyclic amines) is 1. The zero-order valence-corrected chi connectivity index (χ0v) is 15.6. The molecule has 2 amide bonds. The van der Waals surface area contributed by atoms with Gasteiger partial charge in [0.15, 0.2) is 0 Å². The minimum absolute atomic E-state index is 0.0534. The van der Waals surface area contributed by atoms with Gasteiger partial charge in [-0.3, -0.25) is 9.59 Å². The zero-order chi connectivity index (χ0) is 21.3. The van der Waals surface area contributed by atoms with E-state index in [9.17, 15) is 27.2 Å². The third-order valence-corrected chi connectivity index (χ3v) is 4.89. The van der Waals surface area contributed by atoms with Crippen molar-refractivity contribution >= 4 is 17.5 Å². The lowest BCUT2D eigenvalue weighted by molar-refractivity contribution is -0.139. The Morgan fingerprint density at radius 2 is 1.90 bits per heavy atom. The van der Waals surface area contributed by atoms with E-state index in [1.165, 1.54) is 36.2 Å². The van der Waals surface area contributed by atoms with Crippen molar-refractivity contribution in [2.75, 3.05) is 26.0 Å². The minimum Gasteiger partial charge on any atom is -0.496 e. The van der Waals surface area contributed by atoms with Gasteiger partial charge >= 0.3 is 6.18 Å². The van der Waals surface area contributed by atoms with Gasteiger partial charge in [0.1, 0.15) is 17.5 Å². The number of para-hydroxylation sites is 1. The van der Waals surface area contributed by atoms with Gasteiger partial charge in [0.2, 0.25) is 11.8 Å². The van der Waals surface area contributed by atoms with Crippen molar-refractivity contribution < 1.29 is 31.9 Å². The molecule has 154 valence electrons. The fraction of sp³-hybridized carbons (Fsp3) is 0.300. The summed E-state index contributed by atoms with van der Waals surface area (Å²) in [4.78, 5) is 26.5. The van der Waals surface area contributed by atoms with E-state index in [4.69, 9.17) is 4.74 Å². The van der Waals surface area contributed by atoms with Crippen molar-refractivity contribution in [3.8, 4) is 5.75 Å². The summed E-state index contributed by atoms with van der Waals surface area (Å²) in [6.07, 6.45) is -4.67. The molecule has 2 aromatic carbocycles. The second-order valence-corrected chi connectivity index (χ2v) is 6.73. The standard InChI is InChI=1S/C20H18F4N2O3/c1-26-10-12(11-7-8-16(29-2)13(9-11)20(22,23)24)17(19(26)28)18(27)25-15-6-4-3-5-14(15)21/h3-9,12,17H,10H2,1-2H3,(H,25,27)/t12-,17+/m1/s1. The molecule has 0 aliphatic carbocycles. The number of rotatable bonds is 4. The van der Waals surface area contributed by atoms with E-state index >= 15 is 0 Å². The fourth-order valence-corrected chi connectivity index (χ4v) is 3.44. The van der Waals surface area contributed by atoms with E-state index in [1.807, 2.05) is 0 Å². The Labute approximate surface area is 164 Å². The van der Waals surface area contributed by atoms with Crippen LogP contribution in [-0.2, 0) is 15.8 Å². The minimum atomic E-state index is -4.67. The van der Waals surface area contributed by atoms with E-state index in [2.05, 4.69) is 5.32 Å². The molecule has 1 aliphatic heterocycles. The molecular weight excluding hydrogens is 392 g/mol. The predicted octanol–water partition coefficient (Wildman–Crippen LogP) is 3.66. The molecule has 1 N–H and O–H groups in total. The summed E-state index contributed by atoms with van der Waals surface area (Å²) in [5.74, 6) is -4.47. The Morgan fingerprint density at radius 3 is 2.52 bits per heavy atom. The van der Waals surface area contributed by atoms with Gasteiger partial charge in [-0.25, -0.2) is 4.39 Å². The zero-order valence-electron chi connectivity index (χ0n) is 15.6. The third-order valence-electron chi connectivity index (χ3n) is 4.89. The van der Waals surface area contributed by atoms with Gasteiger partial charge < -0.3 is 15.0 Å². The smallest absolute Gasteiger partial charge is 0.419 e. The lowest BCUT2D eigenvalue weighted by Gasteiger charge is -2.20. The number of hydrogen-bond donors (Lipinski definition) is 1. The average molecular weight is 410 g/mol. The Morgan fingerprint density at radius 1 is 1.21 bits per heavy atom. The van der Waals surface area contributed by atoms with Crippen LogP contribution in [0.5, 0.6) is 5.75 Å². The Hall–Kier alpha value is -3.10. The topological polar surface area (TPSA) is 58.6 Å². The quantitative estimate of drug-likeness (QED) is 0.618. The van der Waals surface area contributed by atoms with Crippen LogP contribution in [0.4, 0.5) is 23.2 Å². The lowest BCUT2D eigenvalue weighted by atomic mass is 9.86. The average Bonchev–Trinajstić information content (AvgIpc) is 2.97. The maximum Gasteiger partial charge on any atom is 0.419 e. The first-order valence-corrected chi connectivity index (χ1v) is 8.69. The molecule has 0 saturated carbocycles. The summed E-state index contributed by atoms with van der Waals surface area (Å²) >= 11 is 0. The second kappa shape index (κ2) is 7.73. The number of anilines is 1. The lowest BCUT2D eigenvalue weighted by Crippen LogP contribution is -2.33. The molecule has 5 nitrogen and oxygen atoms in total. The van der Waals surface area contributed by atoms with Crippen LogP contribution < -0.4 is 10.1 Å². The molecule has 1 heterocycles. The first kappa shape index (κ1) is 20.6. The highest BCUT2D eigenvalue weighted by molar-refractivity contribution is 6.08. The molecule has 0 aromatic heterocycles. The highest BCUT2D eigenvalue weighted by Crippen LogP contribution is 2.41. The van der Waals surface area contributed by atoms with Crippen LogP contribution in [0.3, 0.4) is 0 Å². The van der Waals surface area contributed by atoms with Gasteiger partial charge in [0.05, 0.1) is 18.4 Å². The normalized spacial score (nSPS) is 19.4. The van der Waals surface area contributed by atoms with E-state index in [1.54, 1.807) is 0 Å². The molecule has 2 aromatic rings. The molecule has 0 spiro atoms. The van der Waals surface area contributed by atoms with Crippen molar-refractivity contribution in [1.29, 1.82) is 0 Å². The first-order chi connectivity index (χ1) is 13.6. The maximum absolute atomic E-state index is 13.8. The number of likely N-dealkylation sites (N-methyl/N-ethyl adjacent to an activating group) is 1. The number of alkyl halides is 3. The molecule has 1 saturated heterocycles. The second-order valence-electron chi connectivity index (χ2n) is 6.73.